The number of hydrogen-bond acceptors (Lipinski definition) is 4. The molecule has 0 atom stereocenters. The Morgan fingerprint density at radius 2 is 1.46 bits per heavy atom. The van der Waals surface area contributed by atoms with E-state index in [1.807, 2.05) is 0 Å². The topological polar surface area (TPSA) is 51.8 Å². The molecule has 0 aliphatic heterocycles. The first kappa shape index (κ1) is 18.4. The van der Waals surface area contributed by atoms with Crippen molar-refractivity contribution in [3.8, 4) is 17.2 Å². The lowest BCUT2D eigenvalue weighted by molar-refractivity contribution is 0.405. The first-order valence-corrected chi connectivity index (χ1v) is 7.98. The van der Waals surface area contributed by atoms with Crippen molar-refractivity contribution in [3.05, 3.63) is 40.4 Å². The molecule has 0 unspecified atom stereocenters. The van der Waals surface area contributed by atoms with Crippen LogP contribution in [0, 0.1) is 0 Å². The number of hydrogen-bond donors (Lipinski definition) is 2. The van der Waals surface area contributed by atoms with Gasteiger partial charge in [-0.3, -0.25) is 0 Å². The zero-order valence-corrected chi connectivity index (χ0v) is 15.6. The van der Waals surface area contributed by atoms with Crippen LogP contribution in [-0.2, 0) is 0 Å². The normalized spacial score (nSPS) is 10.0. The van der Waals surface area contributed by atoms with Gasteiger partial charge in [0.15, 0.2) is 5.11 Å². The second kappa shape index (κ2) is 8.28. The van der Waals surface area contributed by atoms with E-state index in [0.717, 1.165) is 5.69 Å². The quantitative estimate of drug-likeness (QED) is 0.717. The van der Waals surface area contributed by atoms with Crippen LogP contribution in [-0.4, -0.2) is 26.4 Å². The van der Waals surface area contributed by atoms with E-state index in [-0.39, 0.29) is 0 Å². The molecule has 0 heterocycles. The zero-order valence-electron chi connectivity index (χ0n) is 13.3. The molecule has 0 fully saturated rings. The van der Waals surface area contributed by atoms with Crippen LogP contribution in [0.25, 0.3) is 0 Å². The van der Waals surface area contributed by atoms with Gasteiger partial charge < -0.3 is 24.8 Å². The summed E-state index contributed by atoms with van der Waals surface area (Å²) in [5.41, 5.74) is 1.34. The van der Waals surface area contributed by atoms with Crippen molar-refractivity contribution in [2.75, 3.05) is 32.0 Å². The summed E-state index contributed by atoms with van der Waals surface area (Å²) in [6, 6.07) is 8.62. The lowest BCUT2D eigenvalue weighted by Gasteiger charge is -2.15. The van der Waals surface area contributed by atoms with Gasteiger partial charge in [0, 0.05) is 17.8 Å². The summed E-state index contributed by atoms with van der Waals surface area (Å²) in [4.78, 5) is 0. The van der Waals surface area contributed by atoms with E-state index in [1.54, 1.807) is 44.6 Å². The Hall–Kier alpha value is -1.89. The number of ether oxygens (including phenoxy) is 3. The SMILES string of the molecule is COc1ccc(NC(=S)Nc2cc(OC)c(Cl)cc2OC)cc1Cl. The fourth-order valence-electron chi connectivity index (χ4n) is 1.99. The largest absolute Gasteiger partial charge is 0.495 e. The third-order valence-electron chi connectivity index (χ3n) is 3.13. The van der Waals surface area contributed by atoms with E-state index < -0.39 is 0 Å². The lowest BCUT2D eigenvalue weighted by Crippen LogP contribution is -2.19. The van der Waals surface area contributed by atoms with Gasteiger partial charge >= 0.3 is 0 Å². The minimum absolute atomic E-state index is 0.360. The maximum absolute atomic E-state index is 6.10. The molecule has 2 aromatic carbocycles. The number of rotatable bonds is 5. The first-order chi connectivity index (χ1) is 11.5. The third kappa shape index (κ3) is 4.35. The molecular formula is C16H16Cl2N2O3S. The average molecular weight is 387 g/mol. The van der Waals surface area contributed by atoms with Crippen molar-refractivity contribution in [1.82, 2.24) is 0 Å². The monoisotopic (exact) mass is 386 g/mol. The number of halogens is 2. The van der Waals surface area contributed by atoms with Gasteiger partial charge in [-0.25, -0.2) is 0 Å². The molecule has 8 heteroatoms. The molecule has 2 N–H and O–H groups in total. The molecule has 0 aliphatic rings. The van der Waals surface area contributed by atoms with Crippen molar-refractivity contribution in [1.29, 1.82) is 0 Å². The van der Waals surface area contributed by atoms with Crippen molar-refractivity contribution in [3.63, 3.8) is 0 Å². The predicted molar refractivity (Wildman–Crippen MR) is 102 cm³/mol. The third-order valence-corrected chi connectivity index (χ3v) is 3.93. The Kier molecular flexibility index (Phi) is 6.36. The van der Waals surface area contributed by atoms with Gasteiger partial charge in [0.1, 0.15) is 17.2 Å². The second-order valence-corrected chi connectivity index (χ2v) is 5.84. The van der Waals surface area contributed by atoms with Crippen LogP contribution in [0.1, 0.15) is 0 Å². The minimum atomic E-state index is 0.360. The molecule has 0 radical (unpaired) electrons. The molecular weight excluding hydrogens is 371 g/mol. The molecule has 0 amide bonds. The van der Waals surface area contributed by atoms with Gasteiger partial charge in [-0.15, -0.1) is 0 Å². The second-order valence-electron chi connectivity index (χ2n) is 4.62. The Morgan fingerprint density at radius 3 is 2.04 bits per heavy atom. The van der Waals surface area contributed by atoms with E-state index in [2.05, 4.69) is 10.6 Å². The van der Waals surface area contributed by atoms with Crippen LogP contribution in [0.5, 0.6) is 17.2 Å². The number of benzene rings is 2. The van der Waals surface area contributed by atoms with Gasteiger partial charge in [-0.05, 0) is 30.4 Å². The summed E-state index contributed by atoms with van der Waals surface area (Å²) >= 11 is 17.5. The molecule has 5 nitrogen and oxygen atoms in total. The van der Waals surface area contributed by atoms with Gasteiger partial charge in [0.05, 0.1) is 37.1 Å². The summed E-state index contributed by atoms with van der Waals surface area (Å²) in [5, 5.41) is 7.37. The smallest absolute Gasteiger partial charge is 0.175 e. The first-order valence-electron chi connectivity index (χ1n) is 6.81. The standard InChI is InChI=1S/C16H16Cl2N2O3S/c1-21-13-5-4-9(6-10(13)17)19-16(24)20-12-8-14(22-2)11(18)7-15(12)23-3/h4-8H,1-3H3,(H2,19,20,24). The Bertz CT molecular complexity index is 756. The van der Waals surface area contributed by atoms with Gasteiger partial charge in [-0.2, -0.15) is 0 Å². The van der Waals surface area contributed by atoms with E-state index in [1.165, 1.54) is 7.11 Å². The molecule has 2 rings (SSSR count). The Morgan fingerprint density at radius 1 is 0.833 bits per heavy atom. The summed E-state index contributed by atoms with van der Waals surface area (Å²) < 4.78 is 15.6. The Labute approximate surface area is 155 Å². The highest BCUT2D eigenvalue weighted by Gasteiger charge is 2.11. The van der Waals surface area contributed by atoms with Crippen LogP contribution in [0.15, 0.2) is 30.3 Å². The van der Waals surface area contributed by atoms with E-state index in [0.29, 0.717) is 38.1 Å². The molecule has 0 bridgehead atoms. The molecule has 0 saturated carbocycles. The van der Waals surface area contributed by atoms with Crippen LogP contribution in [0.4, 0.5) is 11.4 Å². The van der Waals surface area contributed by atoms with Crippen molar-refractivity contribution < 1.29 is 14.2 Å². The van der Waals surface area contributed by atoms with Crippen LogP contribution < -0.4 is 24.8 Å². The van der Waals surface area contributed by atoms with Crippen molar-refractivity contribution in [2.24, 2.45) is 0 Å². The molecule has 24 heavy (non-hydrogen) atoms. The molecule has 0 aliphatic carbocycles. The van der Waals surface area contributed by atoms with Gasteiger partial charge in [-0.1, -0.05) is 23.2 Å². The van der Waals surface area contributed by atoms with E-state index in [4.69, 9.17) is 49.6 Å². The highest BCUT2D eigenvalue weighted by atomic mass is 35.5. The highest BCUT2D eigenvalue weighted by molar-refractivity contribution is 7.80. The van der Waals surface area contributed by atoms with Crippen molar-refractivity contribution in [2.45, 2.75) is 0 Å². The lowest BCUT2D eigenvalue weighted by atomic mass is 10.2. The molecule has 0 saturated heterocycles. The van der Waals surface area contributed by atoms with Crippen LogP contribution in [0.2, 0.25) is 10.0 Å². The average Bonchev–Trinajstić information content (AvgIpc) is 2.56. The summed E-state index contributed by atoms with van der Waals surface area (Å²) in [6.45, 7) is 0. The zero-order chi connectivity index (χ0) is 17.7. The van der Waals surface area contributed by atoms with Crippen molar-refractivity contribution >= 4 is 51.9 Å². The van der Waals surface area contributed by atoms with Crippen LogP contribution >= 0.6 is 35.4 Å². The Balaban J connectivity index is 2.16. The predicted octanol–water partition coefficient (Wildman–Crippen LogP) is 4.83. The minimum Gasteiger partial charge on any atom is -0.495 e. The fourth-order valence-corrected chi connectivity index (χ4v) is 2.70. The number of anilines is 2. The van der Waals surface area contributed by atoms with Crippen LogP contribution in [0.3, 0.4) is 0 Å². The maximum Gasteiger partial charge on any atom is 0.175 e. The molecule has 0 aromatic heterocycles. The number of thiocarbonyl (C=S) groups is 1. The summed E-state index contributed by atoms with van der Waals surface area (Å²) in [7, 11) is 4.64. The highest BCUT2D eigenvalue weighted by Crippen LogP contribution is 2.36. The van der Waals surface area contributed by atoms with E-state index >= 15 is 0 Å². The number of nitrogens with one attached hydrogen (secondary N) is 2. The molecule has 0 spiro atoms. The van der Waals surface area contributed by atoms with Gasteiger partial charge in [0.25, 0.3) is 0 Å². The number of methoxy groups -OCH3 is 3. The summed E-state index contributed by atoms with van der Waals surface area (Å²) in [5.74, 6) is 1.64. The maximum atomic E-state index is 6.10. The molecule has 2 aromatic rings. The fraction of sp³-hybridized carbons (Fsp3) is 0.188. The van der Waals surface area contributed by atoms with E-state index in [9.17, 15) is 0 Å². The molecule has 128 valence electrons. The van der Waals surface area contributed by atoms with Gasteiger partial charge in [0.2, 0.25) is 0 Å². The summed E-state index contributed by atoms with van der Waals surface area (Å²) in [6.07, 6.45) is 0.